The van der Waals surface area contributed by atoms with E-state index in [1.807, 2.05) is 0 Å². The molecule has 1 aliphatic rings. The number of thioether (sulfide) groups is 1. The number of benzene rings is 1. The van der Waals surface area contributed by atoms with Crippen LogP contribution in [-0.2, 0) is 14.3 Å². The number of esters is 1. The molecule has 24 heavy (non-hydrogen) atoms. The third-order valence-corrected chi connectivity index (χ3v) is 4.77. The highest BCUT2D eigenvalue weighted by molar-refractivity contribution is 9.10. The fourth-order valence-electron chi connectivity index (χ4n) is 1.95. The summed E-state index contributed by atoms with van der Waals surface area (Å²) in [6, 6.07) is 3.38. The Morgan fingerprint density at radius 3 is 2.42 bits per heavy atom. The zero-order valence-corrected chi connectivity index (χ0v) is 15.5. The molecule has 0 aliphatic carbocycles. The Bertz CT molecular complexity index is 733. The van der Waals surface area contributed by atoms with Gasteiger partial charge in [-0.3, -0.25) is 19.3 Å². The van der Waals surface area contributed by atoms with E-state index in [9.17, 15) is 14.4 Å². The molecule has 1 aromatic rings. The minimum Gasteiger partial charge on any atom is -0.493 e. The van der Waals surface area contributed by atoms with Gasteiger partial charge in [0.1, 0.15) is 6.54 Å². The molecule has 0 N–H and O–H groups in total. The Labute approximate surface area is 151 Å². The number of amides is 2. The van der Waals surface area contributed by atoms with Crippen LogP contribution in [0.3, 0.4) is 0 Å². The molecule has 2 rings (SSSR count). The largest absolute Gasteiger partial charge is 0.493 e. The molecular weight excluding hydrogens is 402 g/mol. The molecular formula is C15H14BrNO6S. The summed E-state index contributed by atoms with van der Waals surface area (Å²) in [5.41, 5.74) is 0.635. The van der Waals surface area contributed by atoms with Crippen LogP contribution in [0, 0.1) is 0 Å². The number of imide groups is 1. The predicted molar refractivity (Wildman–Crippen MR) is 91.9 cm³/mol. The lowest BCUT2D eigenvalue weighted by Crippen LogP contribution is -2.34. The molecule has 0 aromatic heterocycles. The van der Waals surface area contributed by atoms with Gasteiger partial charge >= 0.3 is 5.97 Å². The van der Waals surface area contributed by atoms with Crippen molar-refractivity contribution in [1.29, 1.82) is 0 Å². The van der Waals surface area contributed by atoms with E-state index < -0.39 is 23.7 Å². The summed E-state index contributed by atoms with van der Waals surface area (Å²) in [4.78, 5) is 36.6. The van der Waals surface area contributed by atoms with Crippen molar-refractivity contribution in [3.05, 3.63) is 27.1 Å². The summed E-state index contributed by atoms with van der Waals surface area (Å²) in [6.07, 6.45) is 1.55. The normalized spacial score (nSPS) is 15.8. The average molecular weight is 416 g/mol. The Morgan fingerprint density at radius 2 is 1.83 bits per heavy atom. The zero-order chi connectivity index (χ0) is 17.9. The van der Waals surface area contributed by atoms with Gasteiger partial charge in [-0.1, -0.05) is 15.9 Å². The molecule has 1 aromatic carbocycles. The van der Waals surface area contributed by atoms with Crippen LogP contribution in [0.4, 0.5) is 4.79 Å². The maximum absolute atomic E-state index is 12.3. The van der Waals surface area contributed by atoms with Gasteiger partial charge in [-0.25, -0.2) is 0 Å². The van der Waals surface area contributed by atoms with Crippen LogP contribution in [0.5, 0.6) is 11.5 Å². The molecule has 2 amide bonds. The van der Waals surface area contributed by atoms with Crippen molar-refractivity contribution >= 4 is 50.9 Å². The van der Waals surface area contributed by atoms with Gasteiger partial charge in [0.2, 0.25) is 0 Å². The fourth-order valence-corrected chi connectivity index (χ4v) is 3.22. The lowest BCUT2D eigenvalue weighted by Gasteiger charge is -2.11. The highest BCUT2D eigenvalue weighted by atomic mass is 79.9. The molecule has 1 saturated heterocycles. The van der Waals surface area contributed by atoms with Crippen molar-refractivity contribution in [3.8, 4) is 11.5 Å². The van der Waals surface area contributed by atoms with Crippen molar-refractivity contribution < 1.29 is 28.6 Å². The van der Waals surface area contributed by atoms with E-state index in [0.29, 0.717) is 21.5 Å². The first kappa shape index (κ1) is 18.3. The summed E-state index contributed by atoms with van der Waals surface area (Å²) in [5, 5.41) is -0.520. The van der Waals surface area contributed by atoms with Gasteiger partial charge in [0.25, 0.3) is 11.1 Å². The van der Waals surface area contributed by atoms with Crippen molar-refractivity contribution in [2.75, 3.05) is 27.9 Å². The maximum Gasteiger partial charge on any atom is 0.325 e. The molecule has 1 heterocycles. The Morgan fingerprint density at radius 1 is 1.21 bits per heavy atom. The van der Waals surface area contributed by atoms with E-state index in [-0.39, 0.29) is 4.91 Å². The number of ether oxygens (including phenoxy) is 3. The molecule has 0 spiro atoms. The summed E-state index contributed by atoms with van der Waals surface area (Å²) >= 11 is 4.15. The first-order valence-corrected chi connectivity index (χ1v) is 8.26. The second-order valence-corrected chi connectivity index (χ2v) is 6.42. The molecule has 128 valence electrons. The first-order valence-electron chi connectivity index (χ1n) is 6.65. The highest BCUT2D eigenvalue weighted by Gasteiger charge is 2.36. The molecule has 1 fully saturated rings. The SMILES string of the molecule is COC(=O)CN1C(=O)SC(=Cc2cc(OC)c(OC)cc2Br)C1=O. The minimum absolute atomic E-state index is 0.205. The molecule has 1 aliphatic heterocycles. The van der Waals surface area contributed by atoms with Crippen molar-refractivity contribution in [2.45, 2.75) is 0 Å². The van der Waals surface area contributed by atoms with Crippen molar-refractivity contribution in [2.24, 2.45) is 0 Å². The van der Waals surface area contributed by atoms with E-state index in [4.69, 9.17) is 9.47 Å². The molecule has 7 nitrogen and oxygen atoms in total. The molecule has 0 unspecified atom stereocenters. The van der Waals surface area contributed by atoms with Crippen LogP contribution in [0.1, 0.15) is 5.56 Å². The fraction of sp³-hybridized carbons (Fsp3) is 0.267. The second kappa shape index (κ2) is 7.71. The lowest BCUT2D eigenvalue weighted by molar-refractivity contribution is -0.143. The number of carbonyl (C=O) groups excluding carboxylic acids is 3. The van der Waals surface area contributed by atoms with Crippen LogP contribution in [0.25, 0.3) is 6.08 Å². The highest BCUT2D eigenvalue weighted by Crippen LogP contribution is 2.37. The minimum atomic E-state index is -0.661. The Hall–Kier alpha value is -2.00. The third kappa shape index (κ3) is 3.73. The summed E-state index contributed by atoms with van der Waals surface area (Å²) < 4.78 is 15.6. The van der Waals surface area contributed by atoms with Gasteiger partial charge in [0, 0.05) is 4.47 Å². The number of rotatable bonds is 5. The number of methoxy groups -OCH3 is 3. The smallest absolute Gasteiger partial charge is 0.325 e. The quantitative estimate of drug-likeness (QED) is 0.539. The van der Waals surface area contributed by atoms with Gasteiger partial charge < -0.3 is 14.2 Å². The van der Waals surface area contributed by atoms with Gasteiger partial charge in [0.15, 0.2) is 11.5 Å². The van der Waals surface area contributed by atoms with Crippen LogP contribution >= 0.6 is 27.7 Å². The standard InChI is InChI=1S/C15H14BrNO6S/c1-21-10-4-8(9(16)6-11(10)22-2)5-12-14(19)17(15(20)24-12)7-13(18)23-3/h4-6H,7H2,1-3H3. The number of carbonyl (C=O) groups is 3. The number of hydrogen-bond donors (Lipinski definition) is 0. The van der Waals surface area contributed by atoms with Gasteiger partial charge in [-0.2, -0.15) is 0 Å². The number of halogens is 1. The van der Waals surface area contributed by atoms with E-state index in [1.165, 1.54) is 21.3 Å². The molecule has 0 bridgehead atoms. The first-order chi connectivity index (χ1) is 11.4. The number of hydrogen-bond acceptors (Lipinski definition) is 7. The van der Waals surface area contributed by atoms with Gasteiger partial charge in [0.05, 0.1) is 26.2 Å². The van der Waals surface area contributed by atoms with E-state index in [2.05, 4.69) is 20.7 Å². The Balaban J connectivity index is 2.34. The van der Waals surface area contributed by atoms with Crippen LogP contribution in [0.2, 0.25) is 0 Å². The van der Waals surface area contributed by atoms with Gasteiger partial charge in [-0.05, 0) is 35.5 Å². The molecule has 0 radical (unpaired) electrons. The predicted octanol–water partition coefficient (Wildman–Crippen LogP) is 2.68. The van der Waals surface area contributed by atoms with Gasteiger partial charge in [-0.15, -0.1) is 0 Å². The van der Waals surface area contributed by atoms with E-state index in [1.54, 1.807) is 18.2 Å². The summed E-state index contributed by atoms with van der Waals surface area (Å²) in [5.74, 6) is -0.191. The average Bonchev–Trinajstić information content (AvgIpc) is 2.83. The number of nitrogens with zero attached hydrogens (tertiary/aromatic N) is 1. The molecule has 9 heteroatoms. The van der Waals surface area contributed by atoms with Crippen LogP contribution < -0.4 is 9.47 Å². The monoisotopic (exact) mass is 415 g/mol. The van der Waals surface area contributed by atoms with Crippen molar-refractivity contribution in [1.82, 2.24) is 4.90 Å². The third-order valence-electron chi connectivity index (χ3n) is 3.18. The van der Waals surface area contributed by atoms with Crippen molar-refractivity contribution in [3.63, 3.8) is 0 Å². The zero-order valence-electron chi connectivity index (χ0n) is 13.1. The summed E-state index contributed by atoms with van der Waals surface area (Å²) in [7, 11) is 4.21. The lowest BCUT2D eigenvalue weighted by atomic mass is 10.2. The summed E-state index contributed by atoms with van der Waals surface area (Å²) in [6.45, 7) is -0.411. The maximum atomic E-state index is 12.3. The van der Waals surface area contributed by atoms with E-state index in [0.717, 1.165) is 16.7 Å². The topological polar surface area (TPSA) is 82.1 Å². The van der Waals surface area contributed by atoms with E-state index >= 15 is 0 Å². The molecule has 0 atom stereocenters. The van der Waals surface area contributed by atoms with Crippen LogP contribution in [-0.4, -0.2) is 49.9 Å². The second-order valence-electron chi connectivity index (χ2n) is 4.57. The van der Waals surface area contributed by atoms with Crippen LogP contribution in [0.15, 0.2) is 21.5 Å². The Kier molecular flexibility index (Phi) is 5.89. The molecule has 0 saturated carbocycles.